The molecule has 150 valence electrons. The second kappa shape index (κ2) is 6.81. The number of carbonyl (C=O) groups is 2. The van der Waals surface area contributed by atoms with Crippen LogP contribution in [0.1, 0.15) is 32.3 Å². The van der Waals surface area contributed by atoms with Gasteiger partial charge in [0.25, 0.3) is 0 Å². The highest BCUT2D eigenvalue weighted by atomic mass is 16.6. The van der Waals surface area contributed by atoms with Gasteiger partial charge in [0.2, 0.25) is 0 Å². The van der Waals surface area contributed by atoms with Gasteiger partial charge in [-0.3, -0.25) is 9.59 Å². The Morgan fingerprint density at radius 3 is 2.57 bits per heavy atom. The summed E-state index contributed by atoms with van der Waals surface area (Å²) in [5.41, 5.74) is 0.877. The standard InChI is InChI=1S/C21H25NO6/c1-4-26-18(23)20(19(24)27-5-2)11-13-8-9-28-17-21(13,12-20)15-10-14(25-3)6-7-16(15)22-17/h6-8,10,17,22H,4-5,9,11-12H2,1-3H3/t17-,21-/m1/s1. The van der Waals surface area contributed by atoms with E-state index < -0.39 is 22.8 Å². The van der Waals surface area contributed by atoms with E-state index in [1.165, 1.54) is 0 Å². The van der Waals surface area contributed by atoms with E-state index in [2.05, 4.69) is 5.32 Å². The predicted octanol–water partition coefficient (Wildman–Crippen LogP) is 2.55. The van der Waals surface area contributed by atoms with Crippen LogP contribution in [0.5, 0.6) is 5.75 Å². The normalized spacial score (nSPS) is 26.2. The Bertz CT molecular complexity index is 829. The van der Waals surface area contributed by atoms with Crippen LogP contribution in [0.15, 0.2) is 29.8 Å². The van der Waals surface area contributed by atoms with Gasteiger partial charge in [0, 0.05) is 5.69 Å². The van der Waals surface area contributed by atoms with Gasteiger partial charge in [-0.15, -0.1) is 0 Å². The summed E-state index contributed by atoms with van der Waals surface area (Å²) in [4.78, 5) is 26.0. The van der Waals surface area contributed by atoms with E-state index in [-0.39, 0.29) is 32.3 Å². The maximum Gasteiger partial charge on any atom is 0.323 e. The minimum absolute atomic E-state index is 0.203. The predicted molar refractivity (Wildman–Crippen MR) is 101 cm³/mol. The quantitative estimate of drug-likeness (QED) is 0.472. The molecule has 1 saturated carbocycles. The summed E-state index contributed by atoms with van der Waals surface area (Å²) in [6, 6.07) is 5.77. The summed E-state index contributed by atoms with van der Waals surface area (Å²) in [6.07, 6.45) is 2.12. The molecule has 1 aromatic carbocycles. The Labute approximate surface area is 164 Å². The van der Waals surface area contributed by atoms with Crippen molar-refractivity contribution in [2.24, 2.45) is 5.41 Å². The Balaban J connectivity index is 1.86. The number of anilines is 1. The van der Waals surface area contributed by atoms with Crippen LogP contribution in [0.4, 0.5) is 5.69 Å². The van der Waals surface area contributed by atoms with Crippen molar-refractivity contribution >= 4 is 17.6 Å². The number of methoxy groups -OCH3 is 1. The molecule has 4 rings (SSSR count). The molecule has 0 aromatic heterocycles. The molecule has 0 amide bonds. The lowest BCUT2D eigenvalue weighted by Gasteiger charge is -2.36. The molecule has 0 saturated heterocycles. The lowest BCUT2D eigenvalue weighted by atomic mass is 9.72. The maximum atomic E-state index is 13.0. The van der Waals surface area contributed by atoms with Crippen LogP contribution in [0.3, 0.4) is 0 Å². The van der Waals surface area contributed by atoms with Gasteiger partial charge >= 0.3 is 11.9 Å². The molecule has 0 bridgehead atoms. The fourth-order valence-corrected chi connectivity index (χ4v) is 4.81. The number of nitrogens with one attached hydrogen (secondary N) is 1. The molecular formula is C21H25NO6. The fraction of sp³-hybridized carbons (Fsp3) is 0.524. The summed E-state index contributed by atoms with van der Waals surface area (Å²) in [6.45, 7) is 4.30. The van der Waals surface area contributed by atoms with Crippen LogP contribution in [-0.2, 0) is 29.2 Å². The van der Waals surface area contributed by atoms with Gasteiger partial charge in [-0.1, -0.05) is 11.6 Å². The number of carbonyl (C=O) groups excluding carboxylic acids is 2. The largest absolute Gasteiger partial charge is 0.497 e. The number of ether oxygens (including phenoxy) is 4. The third-order valence-electron chi connectivity index (χ3n) is 6.01. The molecular weight excluding hydrogens is 362 g/mol. The van der Waals surface area contributed by atoms with E-state index in [1.807, 2.05) is 24.3 Å². The first-order chi connectivity index (χ1) is 13.5. The van der Waals surface area contributed by atoms with E-state index >= 15 is 0 Å². The Morgan fingerprint density at radius 1 is 1.21 bits per heavy atom. The van der Waals surface area contributed by atoms with Gasteiger partial charge in [0.05, 0.1) is 32.3 Å². The highest BCUT2D eigenvalue weighted by Crippen LogP contribution is 2.62. The number of hydrogen-bond donors (Lipinski definition) is 1. The first-order valence-electron chi connectivity index (χ1n) is 9.62. The average molecular weight is 387 g/mol. The Kier molecular flexibility index (Phi) is 4.57. The van der Waals surface area contributed by atoms with Gasteiger partial charge < -0.3 is 24.3 Å². The van der Waals surface area contributed by atoms with Crippen molar-refractivity contribution < 1.29 is 28.5 Å². The Hall–Kier alpha value is -2.54. The number of rotatable bonds is 5. The minimum atomic E-state index is -1.38. The van der Waals surface area contributed by atoms with Crippen molar-refractivity contribution in [2.45, 2.75) is 38.3 Å². The molecule has 2 aliphatic heterocycles. The smallest absolute Gasteiger partial charge is 0.323 e. The lowest BCUT2D eigenvalue weighted by Crippen LogP contribution is -2.46. The van der Waals surface area contributed by atoms with E-state index in [9.17, 15) is 9.59 Å². The number of fused-ring (bicyclic) bond motifs is 1. The molecule has 1 fully saturated rings. The monoisotopic (exact) mass is 387 g/mol. The van der Waals surface area contributed by atoms with Gasteiger partial charge in [-0.2, -0.15) is 0 Å². The molecule has 0 radical (unpaired) electrons. The summed E-state index contributed by atoms with van der Waals surface area (Å²) >= 11 is 0. The topological polar surface area (TPSA) is 83.1 Å². The van der Waals surface area contributed by atoms with Crippen molar-refractivity contribution in [3.63, 3.8) is 0 Å². The molecule has 0 unspecified atom stereocenters. The number of hydrogen-bond acceptors (Lipinski definition) is 7. The minimum Gasteiger partial charge on any atom is -0.497 e. The average Bonchev–Trinajstić information content (AvgIpc) is 3.22. The van der Waals surface area contributed by atoms with E-state index in [1.54, 1.807) is 21.0 Å². The molecule has 3 aliphatic rings. The fourth-order valence-electron chi connectivity index (χ4n) is 4.81. The first kappa shape index (κ1) is 18.8. The molecule has 7 heteroatoms. The molecule has 2 atom stereocenters. The van der Waals surface area contributed by atoms with Crippen molar-refractivity contribution in [1.29, 1.82) is 0 Å². The summed E-state index contributed by atoms with van der Waals surface area (Å²) in [5, 5.41) is 3.41. The first-order valence-corrected chi connectivity index (χ1v) is 9.62. The van der Waals surface area contributed by atoms with Gasteiger partial charge in [0.15, 0.2) is 5.41 Å². The van der Waals surface area contributed by atoms with Crippen LogP contribution >= 0.6 is 0 Å². The molecule has 28 heavy (non-hydrogen) atoms. The maximum absolute atomic E-state index is 13.0. The third kappa shape index (κ3) is 2.45. The second-order valence-corrected chi connectivity index (χ2v) is 7.35. The molecule has 2 heterocycles. The third-order valence-corrected chi connectivity index (χ3v) is 6.01. The van der Waals surface area contributed by atoms with Crippen LogP contribution in [0.25, 0.3) is 0 Å². The summed E-state index contributed by atoms with van der Waals surface area (Å²) < 4.78 is 22.1. The van der Waals surface area contributed by atoms with Crippen molar-refractivity contribution in [1.82, 2.24) is 0 Å². The SMILES string of the molecule is CCOC(=O)C1(C(=O)OCC)CC2=CCO[C@H]3Nc4ccc(OC)cc4[C@@]23C1. The molecule has 7 nitrogen and oxygen atoms in total. The second-order valence-electron chi connectivity index (χ2n) is 7.35. The molecule has 1 spiro atoms. The van der Waals surface area contributed by atoms with Crippen LogP contribution in [0.2, 0.25) is 0 Å². The molecule has 1 aromatic rings. The van der Waals surface area contributed by atoms with Crippen LogP contribution in [0, 0.1) is 5.41 Å². The van der Waals surface area contributed by atoms with E-state index in [4.69, 9.17) is 18.9 Å². The van der Waals surface area contributed by atoms with E-state index in [0.29, 0.717) is 12.4 Å². The van der Waals surface area contributed by atoms with Crippen LogP contribution < -0.4 is 10.1 Å². The summed E-state index contributed by atoms with van der Waals surface area (Å²) in [7, 11) is 1.61. The van der Waals surface area contributed by atoms with Crippen molar-refractivity contribution in [3.05, 3.63) is 35.4 Å². The zero-order valence-corrected chi connectivity index (χ0v) is 16.4. The van der Waals surface area contributed by atoms with Crippen molar-refractivity contribution in [2.75, 3.05) is 32.2 Å². The highest BCUT2D eigenvalue weighted by molar-refractivity contribution is 6.02. The number of esters is 2. The van der Waals surface area contributed by atoms with Gasteiger partial charge in [-0.25, -0.2) is 0 Å². The van der Waals surface area contributed by atoms with Gasteiger partial charge in [-0.05, 0) is 50.5 Å². The van der Waals surface area contributed by atoms with Crippen molar-refractivity contribution in [3.8, 4) is 5.75 Å². The molecule has 1 N–H and O–H groups in total. The highest BCUT2D eigenvalue weighted by Gasteiger charge is 2.67. The zero-order valence-electron chi connectivity index (χ0n) is 16.4. The van der Waals surface area contributed by atoms with Crippen LogP contribution in [-0.4, -0.2) is 45.1 Å². The lowest BCUT2D eigenvalue weighted by molar-refractivity contribution is -0.172. The van der Waals surface area contributed by atoms with Gasteiger partial charge in [0.1, 0.15) is 12.0 Å². The van der Waals surface area contributed by atoms with E-state index in [0.717, 1.165) is 16.8 Å². The molecule has 1 aliphatic carbocycles. The zero-order chi connectivity index (χ0) is 19.9. The Morgan fingerprint density at radius 2 is 1.93 bits per heavy atom. The summed E-state index contributed by atoms with van der Waals surface area (Å²) in [5.74, 6) is -0.355. The number of benzene rings is 1.